The zero-order valence-corrected chi connectivity index (χ0v) is 30.4. The van der Waals surface area contributed by atoms with Crippen LogP contribution in [0.2, 0.25) is 0 Å². The van der Waals surface area contributed by atoms with Crippen molar-refractivity contribution in [1.29, 1.82) is 0 Å². The average molecular weight is 710 g/mol. The van der Waals surface area contributed by atoms with E-state index < -0.39 is 0 Å². The Labute approximate surface area is 314 Å². The summed E-state index contributed by atoms with van der Waals surface area (Å²) < 4.78 is 11.5. The van der Waals surface area contributed by atoms with Crippen LogP contribution in [0.15, 0.2) is 156 Å². The summed E-state index contributed by atoms with van der Waals surface area (Å²) in [5, 5.41) is 7.17. The monoisotopic (exact) mass is 709 g/mol. The van der Waals surface area contributed by atoms with Crippen molar-refractivity contribution < 1.29 is 4.42 Å². The molecule has 0 spiro atoms. The fourth-order valence-electron chi connectivity index (χ4n) is 9.01. The van der Waals surface area contributed by atoms with E-state index in [2.05, 4.69) is 164 Å². The average Bonchev–Trinajstić information content (AvgIpc) is 3.89. The Morgan fingerprint density at radius 3 is 2.22 bits per heavy atom. The second-order valence-corrected chi connectivity index (χ2v) is 16.0. The molecule has 7 aromatic carbocycles. The normalized spacial score (nSPS) is 13.5. The van der Waals surface area contributed by atoms with Crippen LogP contribution in [-0.2, 0) is 5.41 Å². The quantitative estimate of drug-likeness (QED) is 0.183. The summed E-state index contributed by atoms with van der Waals surface area (Å²) in [4.78, 5) is 10.5. The third kappa shape index (κ3) is 4.02. The van der Waals surface area contributed by atoms with Crippen LogP contribution in [0.3, 0.4) is 0 Å². The van der Waals surface area contributed by atoms with Crippen molar-refractivity contribution in [3.8, 4) is 39.5 Å². The molecule has 0 atom stereocenters. The minimum atomic E-state index is -0.228. The van der Waals surface area contributed by atoms with E-state index in [0.717, 1.165) is 67.0 Å². The van der Waals surface area contributed by atoms with Crippen LogP contribution in [0.25, 0.3) is 104 Å². The Kier molecular flexibility index (Phi) is 5.96. The van der Waals surface area contributed by atoms with Crippen molar-refractivity contribution in [2.75, 3.05) is 0 Å². The number of hydrogen-bond donors (Lipinski definition) is 0. The minimum Gasteiger partial charge on any atom is -0.439 e. The number of rotatable bonds is 3. The zero-order chi connectivity index (χ0) is 35.7. The molecular weight excluding hydrogens is 679 g/mol. The van der Waals surface area contributed by atoms with Gasteiger partial charge in [-0.1, -0.05) is 129 Å². The van der Waals surface area contributed by atoms with E-state index in [0.29, 0.717) is 0 Å². The summed E-state index contributed by atoms with van der Waals surface area (Å²) in [6.07, 6.45) is 0. The topological polar surface area (TPSA) is 43.9 Å². The first-order valence-electron chi connectivity index (χ1n) is 18.4. The second-order valence-electron chi connectivity index (χ2n) is 14.9. The van der Waals surface area contributed by atoms with Crippen LogP contribution in [0.1, 0.15) is 25.0 Å². The van der Waals surface area contributed by atoms with Crippen LogP contribution in [-0.4, -0.2) is 14.5 Å². The van der Waals surface area contributed by atoms with Crippen molar-refractivity contribution in [2.24, 2.45) is 0 Å². The fraction of sp³-hybridized carbons (Fsp3) is 0.0612. The van der Waals surface area contributed by atoms with Gasteiger partial charge in [0.15, 0.2) is 5.82 Å². The standard InChI is InChI=1S/C49H31N3OS/c1-49(2)37-20-11-18-35-43-34-16-4-7-22-41(34)53-48(43)52(45(35)37)40-25-24-29(27-38(40)49)28-12-9-13-30(26-28)47-50-39-21-6-3-15-33(39)44(51-47)36-19-10-17-32-31-14-5-8-23-42(31)54-46(32)36/h3-27H,1-2H3. The van der Waals surface area contributed by atoms with E-state index >= 15 is 0 Å². The predicted molar refractivity (Wildman–Crippen MR) is 225 cm³/mol. The number of para-hydroxylation sites is 3. The largest absolute Gasteiger partial charge is 0.439 e. The Morgan fingerprint density at radius 2 is 1.30 bits per heavy atom. The van der Waals surface area contributed by atoms with E-state index in [-0.39, 0.29) is 5.41 Å². The number of aromatic nitrogens is 3. The molecule has 1 aliphatic heterocycles. The molecule has 4 nitrogen and oxygen atoms in total. The highest BCUT2D eigenvalue weighted by Gasteiger charge is 2.36. The van der Waals surface area contributed by atoms with Crippen molar-refractivity contribution in [3.05, 3.63) is 163 Å². The summed E-state index contributed by atoms with van der Waals surface area (Å²) in [5.74, 6) is 0.720. The SMILES string of the molecule is CC1(C)c2cc(-c3cccc(-c4nc(-c5cccc6c5sc5ccccc56)c5ccccc5n4)c3)ccc2-n2c3oc4ccccc4c3c3cccc1c32. The van der Waals surface area contributed by atoms with Crippen LogP contribution in [0.4, 0.5) is 0 Å². The lowest BCUT2D eigenvalue weighted by atomic mass is 9.74. The first-order chi connectivity index (χ1) is 26.5. The van der Waals surface area contributed by atoms with Crippen LogP contribution < -0.4 is 0 Å². The molecule has 54 heavy (non-hydrogen) atoms. The van der Waals surface area contributed by atoms with Gasteiger partial charge in [0.2, 0.25) is 5.71 Å². The molecule has 0 unspecified atom stereocenters. The number of thiophene rings is 1. The number of nitrogens with zero attached hydrogens (tertiary/aromatic N) is 3. The Balaban J connectivity index is 1.02. The van der Waals surface area contributed by atoms with E-state index in [1.54, 1.807) is 0 Å². The maximum Gasteiger partial charge on any atom is 0.213 e. The molecule has 0 saturated heterocycles. The Hall–Kier alpha value is -6.56. The number of benzene rings is 7. The summed E-state index contributed by atoms with van der Waals surface area (Å²) in [6.45, 7) is 4.69. The molecule has 4 aromatic heterocycles. The van der Waals surface area contributed by atoms with Gasteiger partial charge in [0.1, 0.15) is 5.58 Å². The van der Waals surface area contributed by atoms with Gasteiger partial charge in [-0.15, -0.1) is 11.3 Å². The molecule has 1 aliphatic rings. The highest BCUT2D eigenvalue weighted by Crippen LogP contribution is 2.50. The van der Waals surface area contributed by atoms with E-state index in [4.69, 9.17) is 14.4 Å². The third-order valence-corrected chi connectivity index (χ3v) is 12.8. The van der Waals surface area contributed by atoms with E-state index in [1.165, 1.54) is 47.6 Å². The third-order valence-electron chi connectivity index (χ3n) is 11.6. The summed E-state index contributed by atoms with van der Waals surface area (Å²) in [7, 11) is 0. The fourth-order valence-corrected chi connectivity index (χ4v) is 10.2. The van der Waals surface area contributed by atoms with Gasteiger partial charge >= 0.3 is 0 Å². The highest BCUT2D eigenvalue weighted by atomic mass is 32.1. The molecular formula is C49H31N3OS. The van der Waals surface area contributed by atoms with Gasteiger partial charge in [-0.05, 0) is 58.7 Å². The predicted octanol–water partition coefficient (Wildman–Crippen LogP) is 13.5. The smallest absolute Gasteiger partial charge is 0.213 e. The van der Waals surface area contributed by atoms with Crippen molar-refractivity contribution in [2.45, 2.75) is 19.3 Å². The molecule has 0 amide bonds. The number of furan rings is 1. The van der Waals surface area contributed by atoms with Crippen LogP contribution >= 0.6 is 11.3 Å². The maximum absolute atomic E-state index is 6.61. The van der Waals surface area contributed by atoms with E-state index in [1.807, 2.05) is 17.4 Å². The lowest BCUT2D eigenvalue weighted by molar-refractivity contribution is 0.612. The Bertz CT molecular complexity index is 3380. The molecule has 254 valence electrons. The van der Waals surface area contributed by atoms with Crippen molar-refractivity contribution in [3.63, 3.8) is 0 Å². The van der Waals surface area contributed by atoms with Gasteiger partial charge in [0.25, 0.3) is 0 Å². The highest BCUT2D eigenvalue weighted by molar-refractivity contribution is 7.26. The van der Waals surface area contributed by atoms with Crippen LogP contribution in [0, 0.1) is 0 Å². The number of hydrogen-bond acceptors (Lipinski definition) is 4. The van der Waals surface area contributed by atoms with Gasteiger partial charge in [-0.3, -0.25) is 4.57 Å². The number of fused-ring (bicyclic) bond motifs is 11. The molecule has 11 aromatic rings. The first-order valence-corrected chi connectivity index (χ1v) is 19.2. The van der Waals surface area contributed by atoms with Crippen molar-refractivity contribution >= 4 is 75.4 Å². The molecule has 12 rings (SSSR count). The summed E-state index contributed by atoms with van der Waals surface area (Å²) >= 11 is 1.83. The summed E-state index contributed by atoms with van der Waals surface area (Å²) in [5.41, 5.74) is 12.9. The Morgan fingerprint density at radius 1 is 0.574 bits per heavy atom. The second kappa shape index (κ2) is 10.8. The molecule has 0 N–H and O–H groups in total. The minimum absolute atomic E-state index is 0.228. The van der Waals surface area contributed by atoms with Gasteiger partial charge in [0.05, 0.1) is 27.8 Å². The van der Waals surface area contributed by atoms with Crippen molar-refractivity contribution in [1.82, 2.24) is 14.5 Å². The molecule has 0 bridgehead atoms. The molecule has 0 radical (unpaired) electrons. The zero-order valence-electron chi connectivity index (χ0n) is 29.6. The molecule has 5 heteroatoms. The lowest BCUT2D eigenvalue weighted by Crippen LogP contribution is -2.26. The molecule has 0 aliphatic carbocycles. The lowest BCUT2D eigenvalue weighted by Gasteiger charge is -2.34. The molecule has 0 saturated carbocycles. The summed E-state index contributed by atoms with van der Waals surface area (Å²) in [6, 6.07) is 54.3. The molecule has 5 heterocycles. The maximum atomic E-state index is 6.61. The molecule has 0 fully saturated rings. The van der Waals surface area contributed by atoms with Gasteiger partial charge < -0.3 is 4.42 Å². The van der Waals surface area contributed by atoms with Gasteiger partial charge in [0, 0.05) is 52.9 Å². The van der Waals surface area contributed by atoms with Gasteiger partial charge in [-0.2, -0.15) is 0 Å². The first kappa shape index (κ1) is 30.0. The van der Waals surface area contributed by atoms with Crippen LogP contribution in [0.5, 0.6) is 0 Å². The van der Waals surface area contributed by atoms with Gasteiger partial charge in [-0.25, -0.2) is 9.97 Å². The van der Waals surface area contributed by atoms with E-state index in [9.17, 15) is 0 Å².